The summed E-state index contributed by atoms with van der Waals surface area (Å²) in [5.74, 6) is 0. The van der Waals surface area contributed by atoms with E-state index in [0.29, 0.717) is 11.3 Å². The molecular formula is C19H12F3N5O2. The van der Waals surface area contributed by atoms with Crippen molar-refractivity contribution in [1.82, 2.24) is 19.7 Å². The molecule has 4 rings (SSSR count). The largest absolute Gasteiger partial charge is 0.417 e. The van der Waals surface area contributed by atoms with Crippen molar-refractivity contribution in [2.24, 2.45) is 0 Å². The molecule has 29 heavy (non-hydrogen) atoms. The number of benzene rings is 1. The number of rotatable bonds is 3. The highest BCUT2D eigenvalue weighted by Gasteiger charge is 2.35. The second kappa shape index (κ2) is 6.66. The average Bonchev–Trinajstić information content (AvgIpc) is 3.04. The van der Waals surface area contributed by atoms with Gasteiger partial charge in [-0.05, 0) is 37.3 Å². The maximum atomic E-state index is 13.8. The van der Waals surface area contributed by atoms with Crippen LogP contribution in [0.5, 0.6) is 0 Å². The first-order valence-electron chi connectivity index (χ1n) is 8.38. The predicted octanol–water partition coefficient (Wildman–Crippen LogP) is 4.72. The Bertz CT molecular complexity index is 1220. The second-order valence-electron chi connectivity index (χ2n) is 6.26. The van der Waals surface area contributed by atoms with Gasteiger partial charge in [-0.25, -0.2) is 9.67 Å². The molecule has 1 aromatic carbocycles. The highest BCUT2D eigenvalue weighted by molar-refractivity contribution is 5.86. The van der Waals surface area contributed by atoms with E-state index in [9.17, 15) is 23.3 Å². The van der Waals surface area contributed by atoms with E-state index in [-0.39, 0.29) is 28.1 Å². The van der Waals surface area contributed by atoms with Crippen LogP contribution in [0, 0.1) is 17.0 Å². The van der Waals surface area contributed by atoms with Crippen molar-refractivity contribution >= 4 is 16.7 Å². The maximum Gasteiger partial charge on any atom is 0.417 e. The number of aromatic nitrogens is 4. The summed E-state index contributed by atoms with van der Waals surface area (Å²) in [5.41, 5.74) is 0.138. The Labute approximate surface area is 161 Å². The van der Waals surface area contributed by atoms with Crippen molar-refractivity contribution in [2.45, 2.75) is 13.1 Å². The van der Waals surface area contributed by atoms with Gasteiger partial charge in [-0.2, -0.15) is 18.3 Å². The predicted molar refractivity (Wildman–Crippen MR) is 98.5 cm³/mol. The summed E-state index contributed by atoms with van der Waals surface area (Å²) in [6.45, 7) is 1.47. The van der Waals surface area contributed by atoms with Crippen molar-refractivity contribution in [1.29, 1.82) is 0 Å². The number of hydrogen-bond acceptors (Lipinski definition) is 5. The van der Waals surface area contributed by atoms with Crippen molar-refractivity contribution in [2.75, 3.05) is 0 Å². The lowest BCUT2D eigenvalue weighted by molar-refractivity contribution is -0.384. The van der Waals surface area contributed by atoms with Gasteiger partial charge < -0.3 is 0 Å². The van der Waals surface area contributed by atoms with E-state index in [4.69, 9.17) is 0 Å². The Morgan fingerprint density at radius 2 is 1.72 bits per heavy atom. The number of nitrogens with zero attached hydrogens (tertiary/aromatic N) is 5. The van der Waals surface area contributed by atoms with Crippen molar-refractivity contribution < 1.29 is 18.1 Å². The molecule has 0 atom stereocenters. The Balaban J connectivity index is 2.01. The Morgan fingerprint density at radius 1 is 1.07 bits per heavy atom. The molecule has 10 heteroatoms. The van der Waals surface area contributed by atoms with Crippen molar-refractivity contribution in [3.8, 4) is 16.9 Å². The molecule has 0 aliphatic rings. The molecule has 0 spiro atoms. The zero-order valence-corrected chi connectivity index (χ0v) is 14.9. The van der Waals surface area contributed by atoms with Crippen LogP contribution in [0.1, 0.15) is 11.3 Å². The topological polar surface area (TPSA) is 86.7 Å². The van der Waals surface area contributed by atoms with Gasteiger partial charge in [-0.1, -0.05) is 0 Å². The Kier molecular flexibility index (Phi) is 4.26. The van der Waals surface area contributed by atoms with Gasteiger partial charge in [0.1, 0.15) is 0 Å². The van der Waals surface area contributed by atoms with Gasteiger partial charge in [0.2, 0.25) is 0 Å². The minimum atomic E-state index is -4.61. The molecule has 0 N–H and O–H groups in total. The Morgan fingerprint density at radius 3 is 2.31 bits per heavy atom. The SMILES string of the molecule is Cc1nn(-c2ccc([N+](=O)[O-])cc2)c2nc(-c3ccncc3)cc(C(F)(F)F)c12. The van der Waals surface area contributed by atoms with E-state index in [2.05, 4.69) is 15.1 Å². The molecule has 0 amide bonds. The highest BCUT2D eigenvalue weighted by Crippen LogP contribution is 2.38. The van der Waals surface area contributed by atoms with Crippen LogP contribution in [-0.4, -0.2) is 24.7 Å². The molecule has 146 valence electrons. The highest BCUT2D eigenvalue weighted by atomic mass is 19.4. The van der Waals surface area contributed by atoms with Crippen LogP contribution < -0.4 is 0 Å². The minimum absolute atomic E-state index is 0.0120. The molecule has 0 bridgehead atoms. The zero-order valence-electron chi connectivity index (χ0n) is 14.9. The van der Waals surface area contributed by atoms with Crippen molar-refractivity contribution in [3.63, 3.8) is 0 Å². The molecule has 0 fully saturated rings. The first-order valence-corrected chi connectivity index (χ1v) is 8.38. The van der Waals surface area contributed by atoms with E-state index in [1.165, 1.54) is 48.3 Å². The first-order chi connectivity index (χ1) is 13.8. The van der Waals surface area contributed by atoms with Gasteiger partial charge in [0, 0.05) is 30.1 Å². The molecule has 0 saturated carbocycles. The van der Waals surface area contributed by atoms with Gasteiger partial charge in [0.25, 0.3) is 5.69 Å². The standard InChI is InChI=1S/C19H12F3N5O2/c1-11-17-15(19(20,21)22)10-16(12-6-8-23-9-7-12)24-18(17)26(25-11)13-2-4-14(5-3-13)27(28)29/h2-10H,1H3. The van der Waals surface area contributed by atoms with Crippen LogP contribution in [0.25, 0.3) is 28.0 Å². The van der Waals surface area contributed by atoms with E-state index >= 15 is 0 Å². The molecule has 3 heterocycles. The second-order valence-corrected chi connectivity index (χ2v) is 6.26. The van der Waals surface area contributed by atoms with Crippen LogP contribution in [0.2, 0.25) is 0 Å². The summed E-state index contributed by atoms with van der Waals surface area (Å²) >= 11 is 0. The molecule has 0 radical (unpaired) electrons. The van der Waals surface area contributed by atoms with Crippen LogP contribution in [0.3, 0.4) is 0 Å². The number of nitro groups is 1. The molecule has 0 unspecified atom stereocenters. The summed E-state index contributed by atoms with van der Waals surface area (Å²) in [4.78, 5) is 18.6. The minimum Gasteiger partial charge on any atom is -0.265 e. The molecule has 0 saturated heterocycles. The lowest BCUT2D eigenvalue weighted by Gasteiger charge is -2.11. The summed E-state index contributed by atoms with van der Waals surface area (Å²) in [5, 5.41) is 15.0. The third-order valence-corrected chi connectivity index (χ3v) is 4.40. The third kappa shape index (κ3) is 3.28. The Hall–Kier alpha value is -3.82. The van der Waals surface area contributed by atoms with Crippen LogP contribution in [0.4, 0.5) is 18.9 Å². The van der Waals surface area contributed by atoms with Gasteiger partial charge in [-0.15, -0.1) is 0 Å². The van der Waals surface area contributed by atoms with E-state index < -0.39 is 16.7 Å². The fraction of sp³-hybridized carbons (Fsp3) is 0.105. The fourth-order valence-electron chi connectivity index (χ4n) is 3.08. The quantitative estimate of drug-likeness (QED) is 0.368. The molecular weight excluding hydrogens is 387 g/mol. The van der Waals surface area contributed by atoms with Gasteiger partial charge in [0.05, 0.1) is 32.9 Å². The number of pyridine rings is 2. The number of fused-ring (bicyclic) bond motifs is 1. The number of non-ortho nitro benzene ring substituents is 1. The van der Waals surface area contributed by atoms with Crippen molar-refractivity contribution in [3.05, 3.63) is 76.2 Å². The van der Waals surface area contributed by atoms with E-state index in [0.717, 1.165) is 6.07 Å². The lowest BCUT2D eigenvalue weighted by Crippen LogP contribution is -2.08. The number of aryl methyl sites for hydroxylation is 1. The average molecular weight is 399 g/mol. The lowest BCUT2D eigenvalue weighted by atomic mass is 10.1. The van der Waals surface area contributed by atoms with Gasteiger partial charge >= 0.3 is 6.18 Å². The summed E-state index contributed by atoms with van der Waals surface area (Å²) in [6.07, 6.45) is -1.68. The molecule has 0 aliphatic carbocycles. The van der Waals surface area contributed by atoms with Gasteiger partial charge in [-0.3, -0.25) is 15.1 Å². The number of halogens is 3. The summed E-state index contributed by atoms with van der Waals surface area (Å²) < 4.78 is 42.6. The molecule has 7 nitrogen and oxygen atoms in total. The monoisotopic (exact) mass is 399 g/mol. The van der Waals surface area contributed by atoms with E-state index in [1.807, 2.05) is 0 Å². The third-order valence-electron chi connectivity index (χ3n) is 4.40. The summed E-state index contributed by atoms with van der Waals surface area (Å²) in [6, 6.07) is 9.47. The smallest absolute Gasteiger partial charge is 0.265 e. The molecule has 4 aromatic rings. The maximum absolute atomic E-state index is 13.8. The number of hydrogen-bond donors (Lipinski definition) is 0. The van der Waals surface area contributed by atoms with E-state index in [1.54, 1.807) is 12.1 Å². The van der Waals surface area contributed by atoms with Crippen LogP contribution >= 0.6 is 0 Å². The molecule has 3 aromatic heterocycles. The normalized spacial score (nSPS) is 11.7. The zero-order chi connectivity index (χ0) is 20.8. The van der Waals surface area contributed by atoms with Crippen LogP contribution in [0.15, 0.2) is 54.9 Å². The molecule has 0 aliphatic heterocycles. The van der Waals surface area contributed by atoms with Crippen LogP contribution in [-0.2, 0) is 6.18 Å². The summed E-state index contributed by atoms with van der Waals surface area (Å²) in [7, 11) is 0. The first kappa shape index (κ1) is 18.5. The number of alkyl halides is 3. The number of nitro benzene ring substituents is 1. The van der Waals surface area contributed by atoms with Gasteiger partial charge in [0.15, 0.2) is 5.65 Å². The fourth-order valence-corrected chi connectivity index (χ4v) is 3.08.